The highest BCUT2D eigenvalue weighted by molar-refractivity contribution is 5.96. The quantitative estimate of drug-likeness (QED) is 0.447. The molecule has 0 bridgehead atoms. The van der Waals surface area contributed by atoms with E-state index in [2.05, 4.69) is 28.1 Å². The molecule has 1 amide bonds. The molecular formula is C29H34N4O4. The van der Waals surface area contributed by atoms with Gasteiger partial charge in [0.2, 0.25) is 5.95 Å². The van der Waals surface area contributed by atoms with Gasteiger partial charge >= 0.3 is 5.97 Å². The fourth-order valence-corrected chi connectivity index (χ4v) is 4.68. The Hall–Kier alpha value is -3.94. The molecule has 1 aliphatic rings. The summed E-state index contributed by atoms with van der Waals surface area (Å²) < 4.78 is 5.35. The molecule has 0 saturated heterocycles. The van der Waals surface area contributed by atoms with Crippen molar-refractivity contribution in [2.75, 3.05) is 31.6 Å². The number of anilines is 1. The molecule has 0 aliphatic carbocycles. The van der Waals surface area contributed by atoms with Crippen LogP contribution in [-0.2, 0) is 30.6 Å². The number of nitrogens with zero attached hydrogens (tertiary/aromatic N) is 4. The van der Waals surface area contributed by atoms with E-state index in [1.165, 1.54) is 16.0 Å². The molecule has 0 spiro atoms. The van der Waals surface area contributed by atoms with E-state index in [0.29, 0.717) is 43.1 Å². The van der Waals surface area contributed by atoms with Gasteiger partial charge in [0.1, 0.15) is 12.3 Å². The van der Waals surface area contributed by atoms with E-state index in [0.717, 1.165) is 24.3 Å². The maximum Gasteiger partial charge on any atom is 0.323 e. The van der Waals surface area contributed by atoms with Crippen molar-refractivity contribution in [2.45, 2.75) is 39.7 Å². The van der Waals surface area contributed by atoms with E-state index >= 15 is 0 Å². The fraction of sp³-hybridized carbons (Fsp3) is 0.379. The molecule has 194 valence electrons. The zero-order valence-electron chi connectivity index (χ0n) is 21.7. The van der Waals surface area contributed by atoms with E-state index in [4.69, 9.17) is 9.72 Å². The molecular weight excluding hydrogens is 468 g/mol. The summed E-state index contributed by atoms with van der Waals surface area (Å²) in [6.07, 6.45) is 3.64. The largest absolute Gasteiger partial charge is 0.497 e. The monoisotopic (exact) mass is 502 g/mol. The molecule has 0 atom stereocenters. The number of carbonyl (C=O) groups is 2. The first kappa shape index (κ1) is 26.1. The molecule has 1 N–H and O–H groups in total. The predicted octanol–water partition coefficient (Wildman–Crippen LogP) is 4.02. The topological polar surface area (TPSA) is 95.9 Å². The number of aromatic nitrogens is 2. The number of carbonyl (C=O) groups excluding carboxylic acids is 1. The first-order valence-corrected chi connectivity index (χ1v) is 12.7. The first-order valence-electron chi connectivity index (χ1n) is 12.7. The molecule has 1 aliphatic heterocycles. The number of fused-ring (bicyclic) bond motifs is 1. The summed E-state index contributed by atoms with van der Waals surface area (Å²) in [7, 11) is 1.63. The van der Waals surface area contributed by atoms with Crippen LogP contribution in [0.1, 0.15) is 46.6 Å². The van der Waals surface area contributed by atoms with Crippen LogP contribution in [0.25, 0.3) is 0 Å². The van der Waals surface area contributed by atoms with Gasteiger partial charge in [-0.3, -0.25) is 9.59 Å². The van der Waals surface area contributed by atoms with Crippen LogP contribution in [0.2, 0.25) is 0 Å². The third kappa shape index (κ3) is 6.64. The maximum atomic E-state index is 13.5. The summed E-state index contributed by atoms with van der Waals surface area (Å²) in [6, 6.07) is 16.2. The van der Waals surface area contributed by atoms with Crippen molar-refractivity contribution >= 4 is 17.8 Å². The minimum atomic E-state index is -1.04. The number of aryl methyl sites for hydroxylation is 2. The molecule has 0 saturated carbocycles. The molecule has 37 heavy (non-hydrogen) atoms. The summed E-state index contributed by atoms with van der Waals surface area (Å²) >= 11 is 0. The van der Waals surface area contributed by atoms with Gasteiger partial charge in [-0.05, 0) is 54.0 Å². The second kappa shape index (κ2) is 11.9. The van der Waals surface area contributed by atoms with Crippen LogP contribution >= 0.6 is 0 Å². The van der Waals surface area contributed by atoms with Crippen LogP contribution in [0.5, 0.6) is 5.75 Å². The Morgan fingerprint density at radius 1 is 1.11 bits per heavy atom. The molecule has 8 nitrogen and oxygen atoms in total. The van der Waals surface area contributed by atoms with Crippen LogP contribution in [0, 0.1) is 5.92 Å². The molecule has 0 radical (unpaired) electrons. The standard InChI is InChI=1S/C29H34N4O4/c1-20(2)17-33(19-27(34)35)28(36)25-16-30-29(32-14-13-22-8-4-5-9-23(22)18-32)31-26(25)12-11-21-7-6-10-24(15-21)37-3/h4-10,15-16,20H,11-14,17-19H2,1-3H3,(H,34,35). The number of carboxylic acid groups (broad SMARTS) is 1. The first-order chi connectivity index (χ1) is 17.8. The zero-order valence-corrected chi connectivity index (χ0v) is 21.7. The van der Waals surface area contributed by atoms with Crippen molar-refractivity contribution in [3.05, 3.63) is 82.7 Å². The van der Waals surface area contributed by atoms with Crippen LogP contribution in [0.15, 0.2) is 54.7 Å². The van der Waals surface area contributed by atoms with Crippen molar-refractivity contribution in [1.82, 2.24) is 14.9 Å². The average molecular weight is 503 g/mol. The van der Waals surface area contributed by atoms with Gasteiger partial charge in [0, 0.05) is 25.8 Å². The number of carboxylic acids is 1. The number of hydrogen-bond donors (Lipinski definition) is 1. The predicted molar refractivity (Wildman–Crippen MR) is 142 cm³/mol. The molecule has 3 aromatic rings. The zero-order chi connectivity index (χ0) is 26.4. The minimum absolute atomic E-state index is 0.122. The fourth-order valence-electron chi connectivity index (χ4n) is 4.68. The number of ether oxygens (including phenoxy) is 1. The lowest BCUT2D eigenvalue weighted by atomic mass is 10.0. The van der Waals surface area contributed by atoms with Gasteiger partial charge < -0.3 is 19.6 Å². The Kier molecular flexibility index (Phi) is 8.38. The van der Waals surface area contributed by atoms with Gasteiger partial charge in [0.05, 0.1) is 18.4 Å². The van der Waals surface area contributed by atoms with E-state index < -0.39 is 5.97 Å². The highest BCUT2D eigenvalue weighted by Crippen LogP contribution is 2.24. The summed E-state index contributed by atoms with van der Waals surface area (Å²) in [5.74, 6) is 0.0786. The lowest BCUT2D eigenvalue weighted by Crippen LogP contribution is -2.39. The average Bonchev–Trinajstić information content (AvgIpc) is 2.90. The van der Waals surface area contributed by atoms with Gasteiger partial charge in [-0.15, -0.1) is 0 Å². The van der Waals surface area contributed by atoms with Gasteiger partial charge in [-0.2, -0.15) is 0 Å². The van der Waals surface area contributed by atoms with E-state index in [1.54, 1.807) is 13.3 Å². The van der Waals surface area contributed by atoms with Crippen molar-refractivity contribution in [2.24, 2.45) is 5.92 Å². The van der Waals surface area contributed by atoms with Crippen LogP contribution in [0.4, 0.5) is 5.95 Å². The second-order valence-corrected chi connectivity index (χ2v) is 9.80. The van der Waals surface area contributed by atoms with Gasteiger partial charge in [0.25, 0.3) is 5.91 Å². The number of rotatable bonds is 10. The highest BCUT2D eigenvalue weighted by Gasteiger charge is 2.25. The van der Waals surface area contributed by atoms with E-state index in [-0.39, 0.29) is 18.4 Å². The highest BCUT2D eigenvalue weighted by atomic mass is 16.5. The van der Waals surface area contributed by atoms with Crippen LogP contribution in [-0.4, -0.2) is 58.6 Å². The van der Waals surface area contributed by atoms with Gasteiger partial charge in [-0.25, -0.2) is 9.97 Å². The number of benzene rings is 2. The SMILES string of the molecule is COc1cccc(CCc2nc(N3CCc4ccccc4C3)ncc2C(=O)N(CC(=O)O)CC(C)C)c1. The molecule has 0 fully saturated rings. The van der Waals surface area contributed by atoms with Crippen molar-refractivity contribution < 1.29 is 19.4 Å². The molecule has 0 unspecified atom stereocenters. The Labute approximate surface area is 217 Å². The Balaban J connectivity index is 1.65. The van der Waals surface area contributed by atoms with Gasteiger partial charge in [-0.1, -0.05) is 50.2 Å². The summed E-state index contributed by atoms with van der Waals surface area (Å²) in [6.45, 7) is 5.39. The molecule has 8 heteroatoms. The van der Waals surface area contributed by atoms with E-state index in [9.17, 15) is 14.7 Å². The van der Waals surface area contributed by atoms with E-state index in [1.807, 2.05) is 44.2 Å². The minimum Gasteiger partial charge on any atom is -0.497 e. The maximum absolute atomic E-state index is 13.5. The number of methoxy groups -OCH3 is 1. The third-order valence-electron chi connectivity index (χ3n) is 6.48. The Morgan fingerprint density at radius 2 is 1.89 bits per heavy atom. The lowest BCUT2D eigenvalue weighted by molar-refractivity contribution is -0.137. The number of hydrogen-bond acceptors (Lipinski definition) is 6. The smallest absolute Gasteiger partial charge is 0.323 e. The van der Waals surface area contributed by atoms with Crippen molar-refractivity contribution in [3.8, 4) is 5.75 Å². The third-order valence-corrected chi connectivity index (χ3v) is 6.48. The number of aliphatic carboxylic acids is 1. The molecule has 1 aromatic heterocycles. The van der Waals surface area contributed by atoms with Gasteiger partial charge in [0.15, 0.2) is 0 Å². The van der Waals surface area contributed by atoms with Crippen molar-refractivity contribution in [3.63, 3.8) is 0 Å². The summed E-state index contributed by atoms with van der Waals surface area (Å²) in [5.41, 5.74) is 4.62. The number of amides is 1. The van der Waals surface area contributed by atoms with Crippen molar-refractivity contribution in [1.29, 1.82) is 0 Å². The lowest BCUT2D eigenvalue weighted by Gasteiger charge is -2.29. The normalized spacial score (nSPS) is 12.8. The summed E-state index contributed by atoms with van der Waals surface area (Å²) in [4.78, 5) is 38.0. The molecule has 2 aromatic carbocycles. The summed E-state index contributed by atoms with van der Waals surface area (Å²) in [5, 5.41) is 9.41. The molecule has 2 heterocycles. The second-order valence-electron chi connectivity index (χ2n) is 9.80. The molecule has 4 rings (SSSR count). The Morgan fingerprint density at radius 3 is 2.62 bits per heavy atom. The van der Waals surface area contributed by atoms with Crippen LogP contribution in [0.3, 0.4) is 0 Å². The Bertz CT molecular complexity index is 1260. The van der Waals surface area contributed by atoms with Crippen LogP contribution < -0.4 is 9.64 Å².